The number of hydrogen-bond acceptors (Lipinski definition) is 6. The number of carbonyl (C=O) groups excluding carboxylic acids is 1. The topological polar surface area (TPSA) is 105 Å². The van der Waals surface area contributed by atoms with E-state index in [2.05, 4.69) is 10.1 Å². The number of carbonyl (C=O) groups is 1. The summed E-state index contributed by atoms with van der Waals surface area (Å²) in [5.74, 6) is -1.02. The molecule has 0 radical (unpaired) electrons. The number of rotatable bonds is 5. The minimum Gasteiger partial charge on any atom is -0.447 e. The fourth-order valence-corrected chi connectivity index (χ4v) is 2.32. The molecule has 10 heteroatoms. The van der Waals surface area contributed by atoms with Crippen molar-refractivity contribution in [2.45, 2.75) is 13.1 Å². The first-order valence-corrected chi connectivity index (χ1v) is 7.41. The SMILES string of the molecule is Cc1c(Nc2ccc([N+](=O)[O-])cc2C(=O)OCC#N)cccc1C(F)(F)F. The third-order valence-corrected chi connectivity index (χ3v) is 3.61. The van der Waals surface area contributed by atoms with Gasteiger partial charge in [0.2, 0.25) is 0 Å². The molecule has 0 aliphatic carbocycles. The van der Waals surface area contributed by atoms with Crippen molar-refractivity contribution in [3.8, 4) is 6.07 Å². The lowest BCUT2D eigenvalue weighted by atomic mass is 10.1. The average Bonchev–Trinajstić information content (AvgIpc) is 2.60. The molecule has 0 saturated heterocycles. The summed E-state index contributed by atoms with van der Waals surface area (Å²) >= 11 is 0. The van der Waals surface area contributed by atoms with Gasteiger partial charge in [0.05, 0.1) is 21.7 Å². The summed E-state index contributed by atoms with van der Waals surface area (Å²) in [7, 11) is 0. The van der Waals surface area contributed by atoms with Crippen LogP contribution in [-0.4, -0.2) is 17.5 Å². The molecule has 2 aromatic carbocycles. The smallest absolute Gasteiger partial charge is 0.416 e. The second kappa shape index (κ2) is 7.74. The summed E-state index contributed by atoms with van der Waals surface area (Å²) in [6.45, 7) is 0.674. The zero-order valence-electron chi connectivity index (χ0n) is 13.8. The van der Waals surface area contributed by atoms with Crippen molar-refractivity contribution in [3.05, 3.63) is 63.2 Å². The Morgan fingerprint density at radius 3 is 2.59 bits per heavy atom. The summed E-state index contributed by atoms with van der Waals surface area (Å²) in [6.07, 6.45) is -4.56. The van der Waals surface area contributed by atoms with Crippen LogP contribution in [0.4, 0.5) is 30.2 Å². The Kier molecular flexibility index (Phi) is 5.65. The fourth-order valence-electron chi connectivity index (χ4n) is 2.32. The quantitative estimate of drug-likeness (QED) is 0.470. The van der Waals surface area contributed by atoms with Crippen LogP contribution in [0.1, 0.15) is 21.5 Å². The van der Waals surface area contributed by atoms with Crippen molar-refractivity contribution in [2.24, 2.45) is 0 Å². The summed E-state index contributed by atoms with van der Waals surface area (Å²) in [5, 5.41) is 22.1. The van der Waals surface area contributed by atoms with E-state index in [1.165, 1.54) is 25.1 Å². The molecular weight excluding hydrogens is 367 g/mol. The van der Waals surface area contributed by atoms with E-state index in [9.17, 15) is 28.1 Å². The van der Waals surface area contributed by atoms with Gasteiger partial charge in [-0.25, -0.2) is 4.79 Å². The van der Waals surface area contributed by atoms with Crippen LogP contribution in [0.25, 0.3) is 0 Å². The number of hydrogen-bond donors (Lipinski definition) is 1. The number of nitriles is 1. The number of benzene rings is 2. The minimum absolute atomic E-state index is 0.00552. The van der Waals surface area contributed by atoms with Crippen LogP contribution in [0.5, 0.6) is 0 Å². The highest BCUT2D eigenvalue weighted by Gasteiger charge is 2.33. The Morgan fingerprint density at radius 1 is 1.30 bits per heavy atom. The molecule has 0 aliphatic rings. The summed E-state index contributed by atoms with van der Waals surface area (Å²) in [6, 6.07) is 8.26. The van der Waals surface area contributed by atoms with Crippen molar-refractivity contribution >= 4 is 23.0 Å². The lowest BCUT2D eigenvalue weighted by molar-refractivity contribution is -0.384. The third-order valence-electron chi connectivity index (χ3n) is 3.61. The van der Waals surface area contributed by atoms with Gasteiger partial charge in [-0.1, -0.05) is 6.07 Å². The van der Waals surface area contributed by atoms with E-state index in [4.69, 9.17) is 5.26 Å². The number of nitrogens with one attached hydrogen (secondary N) is 1. The van der Waals surface area contributed by atoms with Gasteiger partial charge < -0.3 is 10.1 Å². The number of non-ortho nitro benzene ring substituents is 1. The zero-order valence-corrected chi connectivity index (χ0v) is 13.8. The molecule has 1 N–H and O–H groups in total. The number of ether oxygens (including phenoxy) is 1. The van der Waals surface area contributed by atoms with E-state index in [0.717, 1.165) is 18.2 Å². The second-order valence-electron chi connectivity index (χ2n) is 5.32. The van der Waals surface area contributed by atoms with Crippen LogP contribution in [-0.2, 0) is 10.9 Å². The molecule has 0 fully saturated rings. The maximum Gasteiger partial charge on any atom is 0.416 e. The minimum atomic E-state index is -4.56. The Morgan fingerprint density at radius 2 is 2.00 bits per heavy atom. The monoisotopic (exact) mass is 379 g/mol. The Hall–Kier alpha value is -3.61. The van der Waals surface area contributed by atoms with Crippen molar-refractivity contribution in [2.75, 3.05) is 11.9 Å². The Bertz CT molecular complexity index is 936. The normalized spacial score (nSPS) is 10.8. The first-order valence-electron chi connectivity index (χ1n) is 7.41. The predicted octanol–water partition coefficient (Wildman–Crippen LogP) is 4.35. The molecule has 27 heavy (non-hydrogen) atoms. The van der Waals surface area contributed by atoms with E-state index in [1.807, 2.05) is 0 Å². The third kappa shape index (κ3) is 4.52. The van der Waals surface area contributed by atoms with Crippen LogP contribution < -0.4 is 5.32 Å². The molecule has 0 atom stereocenters. The van der Waals surface area contributed by atoms with Crippen LogP contribution in [0.2, 0.25) is 0 Å². The molecule has 0 saturated carbocycles. The maximum absolute atomic E-state index is 13.0. The van der Waals surface area contributed by atoms with E-state index >= 15 is 0 Å². The fraction of sp³-hybridized carbons (Fsp3) is 0.176. The summed E-state index contributed by atoms with van der Waals surface area (Å²) in [4.78, 5) is 22.3. The molecule has 0 bridgehead atoms. The first-order chi connectivity index (χ1) is 12.6. The summed E-state index contributed by atoms with van der Waals surface area (Å²) < 4.78 is 43.8. The highest BCUT2D eigenvalue weighted by Crippen LogP contribution is 2.36. The average molecular weight is 379 g/mol. The highest BCUT2D eigenvalue weighted by atomic mass is 19.4. The number of halogens is 3. The van der Waals surface area contributed by atoms with Gasteiger partial charge in [-0.15, -0.1) is 0 Å². The molecule has 0 spiro atoms. The molecule has 0 amide bonds. The molecule has 0 aromatic heterocycles. The van der Waals surface area contributed by atoms with E-state index in [1.54, 1.807) is 6.07 Å². The van der Waals surface area contributed by atoms with E-state index in [0.29, 0.717) is 0 Å². The van der Waals surface area contributed by atoms with Crippen LogP contribution in [0.3, 0.4) is 0 Å². The number of nitro groups is 1. The molecule has 0 heterocycles. The molecule has 2 aromatic rings. The van der Waals surface area contributed by atoms with Gasteiger partial charge >= 0.3 is 12.1 Å². The van der Waals surface area contributed by atoms with Gasteiger partial charge in [0, 0.05) is 17.8 Å². The molecule has 140 valence electrons. The van der Waals surface area contributed by atoms with Gasteiger partial charge in [0.1, 0.15) is 6.07 Å². The van der Waals surface area contributed by atoms with Crippen LogP contribution in [0, 0.1) is 28.4 Å². The van der Waals surface area contributed by atoms with Gasteiger partial charge in [-0.3, -0.25) is 10.1 Å². The van der Waals surface area contributed by atoms with Crippen molar-refractivity contribution in [1.82, 2.24) is 0 Å². The number of anilines is 2. The predicted molar refractivity (Wildman–Crippen MR) is 88.5 cm³/mol. The molecule has 2 rings (SSSR count). The summed E-state index contributed by atoms with van der Waals surface area (Å²) in [5.41, 5.74) is -1.59. The Balaban J connectivity index is 2.49. The molecule has 0 aliphatic heterocycles. The highest BCUT2D eigenvalue weighted by molar-refractivity contribution is 5.97. The van der Waals surface area contributed by atoms with E-state index in [-0.39, 0.29) is 22.5 Å². The standard InChI is InChI=1S/C17H12F3N3O4/c1-10-13(17(18,19)20)3-2-4-14(10)22-15-6-5-11(23(25)26)9-12(15)16(24)27-8-7-21/h2-6,9,22H,8H2,1H3. The zero-order chi connectivity index (χ0) is 20.2. The van der Waals surface area contributed by atoms with Gasteiger partial charge in [0.25, 0.3) is 5.69 Å². The van der Waals surface area contributed by atoms with Gasteiger partial charge in [-0.05, 0) is 30.7 Å². The van der Waals surface area contributed by atoms with E-state index < -0.39 is 34.9 Å². The van der Waals surface area contributed by atoms with Crippen molar-refractivity contribution in [1.29, 1.82) is 5.26 Å². The number of esters is 1. The second-order valence-corrected chi connectivity index (χ2v) is 5.32. The lowest BCUT2D eigenvalue weighted by Crippen LogP contribution is -2.11. The molecular formula is C17H12F3N3O4. The number of nitro benzene ring substituents is 1. The van der Waals surface area contributed by atoms with Gasteiger partial charge in [-0.2, -0.15) is 18.4 Å². The molecule has 0 unspecified atom stereocenters. The first kappa shape index (κ1) is 19.7. The lowest BCUT2D eigenvalue weighted by Gasteiger charge is -2.16. The molecule has 7 nitrogen and oxygen atoms in total. The number of nitrogens with zero attached hydrogens (tertiary/aromatic N) is 2. The van der Waals surface area contributed by atoms with Crippen LogP contribution in [0.15, 0.2) is 36.4 Å². The maximum atomic E-state index is 13.0. The number of alkyl halides is 3. The van der Waals surface area contributed by atoms with Crippen molar-refractivity contribution in [3.63, 3.8) is 0 Å². The van der Waals surface area contributed by atoms with Crippen molar-refractivity contribution < 1.29 is 27.6 Å². The van der Waals surface area contributed by atoms with Gasteiger partial charge in [0.15, 0.2) is 6.61 Å². The van der Waals surface area contributed by atoms with Crippen LogP contribution >= 0.6 is 0 Å². The largest absolute Gasteiger partial charge is 0.447 e. The Labute approximate surface area is 151 Å².